The van der Waals surface area contributed by atoms with E-state index in [1.165, 1.54) is 56.6 Å². The first-order chi connectivity index (χ1) is 22.5. The van der Waals surface area contributed by atoms with Gasteiger partial charge in [-0.2, -0.15) is 0 Å². The normalized spacial score (nSPS) is 14.2. The largest absolute Gasteiger partial charge is 0.495 e. The number of nitrogens with zero attached hydrogens (tertiary/aromatic N) is 2. The van der Waals surface area contributed by atoms with Crippen LogP contribution >= 0.6 is 11.6 Å². The molecule has 0 heterocycles. The molecule has 10 nitrogen and oxygen atoms in total. The number of nitrogens with one attached hydrogen (secondary N) is 1. The van der Waals surface area contributed by atoms with Gasteiger partial charge in [0.05, 0.1) is 31.9 Å². The number of ether oxygens (including phenoxy) is 3. The van der Waals surface area contributed by atoms with Crippen LogP contribution in [-0.2, 0) is 26.2 Å². The topological polar surface area (TPSA) is 114 Å². The Hall–Kier alpha value is -3.96. The van der Waals surface area contributed by atoms with Crippen molar-refractivity contribution in [3.63, 3.8) is 0 Å². The molecule has 1 N–H and O–H groups in total. The van der Waals surface area contributed by atoms with Gasteiger partial charge >= 0.3 is 0 Å². The van der Waals surface area contributed by atoms with Crippen LogP contribution in [0.2, 0.25) is 5.02 Å². The summed E-state index contributed by atoms with van der Waals surface area (Å²) in [5, 5.41) is 3.41. The average Bonchev–Trinajstić information content (AvgIpc) is 3.07. The molecule has 0 unspecified atom stereocenters. The van der Waals surface area contributed by atoms with Crippen LogP contribution in [0.5, 0.6) is 17.2 Å². The Morgan fingerprint density at radius 2 is 1.60 bits per heavy atom. The lowest BCUT2D eigenvalue weighted by molar-refractivity contribution is -0.140. The molecule has 1 atom stereocenters. The molecule has 3 aromatic rings. The van der Waals surface area contributed by atoms with E-state index in [2.05, 4.69) is 5.32 Å². The molecule has 0 spiro atoms. The molecule has 1 aliphatic carbocycles. The van der Waals surface area contributed by atoms with Crippen molar-refractivity contribution in [1.82, 2.24) is 10.2 Å². The molecule has 0 saturated heterocycles. The van der Waals surface area contributed by atoms with Crippen molar-refractivity contribution in [1.29, 1.82) is 0 Å². The molecule has 0 aromatic heterocycles. The summed E-state index contributed by atoms with van der Waals surface area (Å²) >= 11 is 6.37. The summed E-state index contributed by atoms with van der Waals surface area (Å²) < 4.78 is 46.1. The number of methoxy groups -OCH3 is 3. The lowest BCUT2D eigenvalue weighted by atomic mass is 9.95. The summed E-state index contributed by atoms with van der Waals surface area (Å²) in [5.74, 6) is -0.0882. The number of anilines is 1. The number of benzene rings is 3. The molecule has 1 saturated carbocycles. The van der Waals surface area contributed by atoms with Gasteiger partial charge in [-0.15, -0.1) is 0 Å². The van der Waals surface area contributed by atoms with Gasteiger partial charge in [0.15, 0.2) is 11.5 Å². The van der Waals surface area contributed by atoms with E-state index in [4.69, 9.17) is 25.8 Å². The Balaban J connectivity index is 1.79. The van der Waals surface area contributed by atoms with E-state index in [1.807, 2.05) is 38.1 Å². The van der Waals surface area contributed by atoms with Gasteiger partial charge in [-0.3, -0.25) is 13.9 Å². The summed E-state index contributed by atoms with van der Waals surface area (Å²) in [6, 6.07) is 15.6. The van der Waals surface area contributed by atoms with Crippen molar-refractivity contribution in [3.05, 3.63) is 76.8 Å². The molecule has 2 amide bonds. The molecule has 0 bridgehead atoms. The van der Waals surface area contributed by atoms with Gasteiger partial charge in [0, 0.05) is 23.7 Å². The van der Waals surface area contributed by atoms with Crippen LogP contribution in [-0.4, -0.2) is 65.1 Å². The molecule has 1 fully saturated rings. The second-order valence-electron chi connectivity index (χ2n) is 11.6. The van der Waals surface area contributed by atoms with Crippen LogP contribution in [0.3, 0.4) is 0 Å². The first-order valence-corrected chi connectivity index (χ1v) is 17.6. The zero-order valence-electron chi connectivity index (χ0n) is 27.6. The first kappa shape index (κ1) is 35.9. The van der Waals surface area contributed by atoms with E-state index in [0.29, 0.717) is 12.2 Å². The molecule has 4 rings (SSSR count). The maximum absolute atomic E-state index is 14.5. The number of sulfonamides is 1. The van der Waals surface area contributed by atoms with Crippen molar-refractivity contribution in [2.75, 3.05) is 32.2 Å². The number of halogens is 1. The van der Waals surface area contributed by atoms with E-state index < -0.39 is 28.5 Å². The molecular weight excluding hydrogens is 642 g/mol. The van der Waals surface area contributed by atoms with E-state index in [0.717, 1.165) is 47.5 Å². The standard InChI is InChI=1S/C35H44ClN3O7S/c1-6-29(35(41)37-27-13-8-7-9-14-27)38(22-25-12-10-11-24(2)19-25)34(40)23-39(30-20-26(36)15-17-31(30)44-3)47(42,43)28-16-18-32(45-4)33(21-28)46-5/h10-12,15-21,27,29H,6-9,13-14,22-23H2,1-5H3,(H,37,41)/t29-/m0/s1. The Labute approximate surface area is 283 Å². The molecule has 254 valence electrons. The van der Waals surface area contributed by atoms with Crippen molar-refractivity contribution >= 4 is 39.1 Å². The number of amides is 2. The minimum absolute atomic E-state index is 0.0406. The lowest BCUT2D eigenvalue weighted by Crippen LogP contribution is -2.54. The predicted molar refractivity (Wildman–Crippen MR) is 183 cm³/mol. The van der Waals surface area contributed by atoms with E-state index >= 15 is 0 Å². The minimum atomic E-state index is -4.43. The maximum atomic E-state index is 14.5. The van der Waals surface area contributed by atoms with Gasteiger partial charge in [0.1, 0.15) is 18.3 Å². The monoisotopic (exact) mass is 685 g/mol. The Kier molecular flexibility index (Phi) is 12.4. The Morgan fingerprint density at radius 3 is 2.23 bits per heavy atom. The molecule has 0 radical (unpaired) electrons. The second kappa shape index (κ2) is 16.2. The third kappa shape index (κ3) is 8.70. The van der Waals surface area contributed by atoms with E-state index in [9.17, 15) is 18.0 Å². The van der Waals surface area contributed by atoms with Crippen LogP contribution in [0.25, 0.3) is 0 Å². The number of carbonyl (C=O) groups is 2. The predicted octanol–water partition coefficient (Wildman–Crippen LogP) is 6.13. The van der Waals surface area contributed by atoms with Crippen LogP contribution < -0.4 is 23.8 Å². The van der Waals surface area contributed by atoms with Gasteiger partial charge in [0.2, 0.25) is 11.8 Å². The number of aryl methyl sites for hydroxylation is 1. The zero-order chi connectivity index (χ0) is 34.1. The lowest BCUT2D eigenvalue weighted by Gasteiger charge is -2.34. The van der Waals surface area contributed by atoms with E-state index in [-0.39, 0.29) is 45.6 Å². The third-order valence-corrected chi connectivity index (χ3v) is 10.4. The maximum Gasteiger partial charge on any atom is 0.265 e. The second-order valence-corrected chi connectivity index (χ2v) is 13.9. The molecular formula is C35H44ClN3O7S. The highest BCUT2D eigenvalue weighted by atomic mass is 35.5. The highest BCUT2D eigenvalue weighted by molar-refractivity contribution is 7.92. The van der Waals surface area contributed by atoms with Gasteiger partial charge in [-0.05, 0) is 62.1 Å². The third-order valence-electron chi connectivity index (χ3n) is 8.40. The van der Waals surface area contributed by atoms with E-state index in [1.54, 1.807) is 6.07 Å². The zero-order valence-corrected chi connectivity index (χ0v) is 29.2. The summed E-state index contributed by atoms with van der Waals surface area (Å²) in [6.07, 6.45) is 5.33. The van der Waals surface area contributed by atoms with Crippen LogP contribution in [0.1, 0.15) is 56.6 Å². The highest BCUT2D eigenvalue weighted by Gasteiger charge is 2.36. The summed E-state index contributed by atoms with van der Waals surface area (Å²) in [5.41, 5.74) is 1.88. The number of rotatable bonds is 14. The highest BCUT2D eigenvalue weighted by Crippen LogP contribution is 2.37. The molecule has 3 aromatic carbocycles. The molecule has 0 aliphatic heterocycles. The fourth-order valence-electron chi connectivity index (χ4n) is 5.95. The fourth-order valence-corrected chi connectivity index (χ4v) is 7.55. The van der Waals surface area contributed by atoms with Gasteiger partial charge in [0.25, 0.3) is 10.0 Å². The first-order valence-electron chi connectivity index (χ1n) is 15.8. The Morgan fingerprint density at radius 1 is 0.915 bits per heavy atom. The number of carbonyl (C=O) groups excluding carboxylic acids is 2. The minimum Gasteiger partial charge on any atom is -0.495 e. The summed E-state index contributed by atoms with van der Waals surface area (Å²) in [6.45, 7) is 3.27. The smallest absolute Gasteiger partial charge is 0.265 e. The van der Waals surface area contributed by atoms with Gasteiger partial charge in [-0.1, -0.05) is 67.6 Å². The van der Waals surface area contributed by atoms with Crippen LogP contribution in [0, 0.1) is 6.92 Å². The summed E-state index contributed by atoms with van der Waals surface area (Å²) in [7, 11) is -0.174. The molecule has 47 heavy (non-hydrogen) atoms. The number of hydrogen-bond donors (Lipinski definition) is 1. The van der Waals surface area contributed by atoms with Gasteiger partial charge < -0.3 is 24.4 Å². The van der Waals surface area contributed by atoms with Crippen molar-refractivity contribution in [3.8, 4) is 17.2 Å². The van der Waals surface area contributed by atoms with Crippen molar-refractivity contribution in [2.45, 2.75) is 75.9 Å². The van der Waals surface area contributed by atoms with Gasteiger partial charge in [-0.25, -0.2) is 8.42 Å². The van der Waals surface area contributed by atoms with Crippen LogP contribution in [0.4, 0.5) is 5.69 Å². The Bertz CT molecular complexity index is 1660. The molecule has 12 heteroatoms. The van der Waals surface area contributed by atoms with Crippen molar-refractivity contribution in [2.24, 2.45) is 0 Å². The SMILES string of the molecule is CC[C@@H](C(=O)NC1CCCCC1)N(Cc1cccc(C)c1)C(=O)CN(c1cc(Cl)ccc1OC)S(=O)(=O)c1ccc(OC)c(OC)c1. The number of hydrogen-bond acceptors (Lipinski definition) is 7. The molecule has 1 aliphatic rings. The fraction of sp³-hybridized carbons (Fsp3) is 0.429. The van der Waals surface area contributed by atoms with Crippen LogP contribution in [0.15, 0.2) is 65.6 Å². The summed E-state index contributed by atoms with van der Waals surface area (Å²) in [4.78, 5) is 29.6. The quantitative estimate of drug-likeness (QED) is 0.217. The average molecular weight is 686 g/mol. The van der Waals surface area contributed by atoms with Crippen molar-refractivity contribution < 1.29 is 32.2 Å².